The van der Waals surface area contributed by atoms with E-state index < -0.39 is 0 Å². The van der Waals surface area contributed by atoms with Gasteiger partial charge in [-0.2, -0.15) is 0 Å². The number of anilines is 1. The molecule has 172 valence electrons. The normalized spacial score (nSPS) is 13.8. The third kappa shape index (κ3) is 6.00. The maximum absolute atomic E-state index is 13.5. The number of nitrogens with zero attached hydrogens (tertiary/aromatic N) is 2. The van der Waals surface area contributed by atoms with E-state index in [2.05, 4.69) is 54.2 Å². The molecular formula is C26H32Cl2FN3. The number of piperidine rings is 1. The fraction of sp³-hybridized carbons (Fsp3) is 0.346. The molecule has 1 N–H and O–H groups in total. The molecule has 3 aromatic rings. The molecule has 4 rings (SSSR count). The number of benzene rings is 2. The van der Waals surface area contributed by atoms with E-state index >= 15 is 0 Å². The van der Waals surface area contributed by atoms with Gasteiger partial charge in [0.15, 0.2) is 0 Å². The smallest absolute Gasteiger partial charge is 0.123 e. The fourth-order valence-electron chi connectivity index (χ4n) is 4.31. The van der Waals surface area contributed by atoms with E-state index in [9.17, 15) is 4.39 Å². The molecule has 0 aliphatic carbocycles. The highest BCUT2D eigenvalue weighted by atomic mass is 35.5. The topological polar surface area (TPSA) is 28.2 Å². The average Bonchev–Trinajstić information content (AvgIpc) is 2.77. The van der Waals surface area contributed by atoms with Crippen LogP contribution >= 0.6 is 24.8 Å². The lowest BCUT2D eigenvalue weighted by Crippen LogP contribution is -2.43. The standard InChI is InChI=1S/C26H30FN3.2ClH/c1-18-12-22(13-19(2)20(18)3)23-14-21(15-29-16-23)17-30(26-8-10-28-11-9-26)25-6-4-24(27)5-7-25;;/h4-7,12-16,26,28H,8-11,17H2,1-3H3;2*1H. The number of hydrogen-bond donors (Lipinski definition) is 1. The Labute approximate surface area is 203 Å². The molecule has 0 spiro atoms. The van der Waals surface area contributed by atoms with Gasteiger partial charge in [0.1, 0.15) is 5.82 Å². The van der Waals surface area contributed by atoms with Gasteiger partial charge in [0.25, 0.3) is 0 Å². The van der Waals surface area contributed by atoms with Gasteiger partial charge in [-0.05, 0) is 105 Å². The predicted octanol–water partition coefficient (Wildman–Crippen LogP) is 6.42. The Balaban J connectivity index is 0.00000181. The van der Waals surface area contributed by atoms with Crippen molar-refractivity contribution in [1.29, 1.82) is 0 Å². The summed E-state index contributed by atoms with van der Waals surface area (Å²) in [4.78, 5) is 6.96. The second-order valence-corrected chi connectivity index (χ2v) is 8.40. The van der Waals surface area contributed by atoms with Crippen molar-refractivity contribution in [2.75, 3.05) is 18.0 Å². The summed E-state index contributed by atoms with van der Waals surface area (Å²) in [6.07, 6.45) is 6.07. The summed E-state index contributed by atoms with van der Waals surface area (Å²) >= 11 is 0. The van der Waals surface area contributed by atoms with E-state index in [0.717, 1.165) is 43.7 Å². The van der Waals surface area contributed by atoms with Crippen molar-refractivity contribution < 1.29 is 4.39 Å². The molecule has 0 atom stereocenters. The molecule has 2 heterocycles. The van der Waals surface area contributed by atoms with Gasteiger partial charge in [-0.15, -0.1) is 24.8 Å². The zero-order valence-corrected chi connectivity index (χ0v) is 20.5. The Morgan fingerprint density at radius 3 is 2.16 bits per heavy atom. The number of halogens is 3. The first-order valence-corrected chi connectivity index (χ1v) is 10.8. The molecular weight excluding hydrogens is 444 g/mol. The number of hydrogen-bond acceptors (Lipinski definition) is 3. The predicted molar refractivity (Wildman–Crippen MR) is 137 cm³/mol. The van der Waals surface area contributed by atoms with Crippen LogP contribution in [0.5, 0.6) is 0 Å². The molecule has 32 heavy (non-hydrogen) atoms. The summed E-state index contributed by atoms with van der Waals surface area (Å²) in [5.74, 6) is -0.196. The quantitative estimate of drug-likeness (QED) is 0.461. The fourth-order valence-corrected chi connectivity index (χ4v) is 4.31. The summed E-state index contributed by atoms with van der Waals surface area (Å²) in [6, 6.07) is 14.0. The van der Waals surface area contributed by atoms with E-state index in [0.29, 0.717) is 6.04 Å². The Bertz CT molecular complexity index is 995. The van der Waals surface area contributed by atoms with Gasteiger partial charge >= 0.3 is 0 Å². The first kappa shape index (κ1) is 26.1. The number of aryl methyl sites for hydroxylation is 2. The summed E-state index contributed by atoms with van der Waals surface area (Å²) < 4.78 is 13.5. The molecule has 1 aliphatic heterocycles. The summed E-state index contributed by atoms with van der Waals surface area (Å²) in [6.45, 7) is 9.29. The van der Waals surface area contributed by atoms with E-state index in [4.69, 9.17) is 0 Å². The largest absolute Gasteiger partial charge is 0.364 e. The molecule has 1 saturated heterocycles. The zero-order chi connectivity index (χ0) is 21.1. The SMILES string of the molecule is Cc1cc(-c2cncc(CN(c3ccc(F)cc3)C3CCNCC3)c2)cc(C)c1C.Cl.Cl. The molecule has 0 unspecified atom stereocenters. The molecule has 0 saturated carbocycles. The lowest BCUT2D eigenvalue weighted by atomic mass is 9.96. The highest BCUT2D eigenvalue weighted by Crippen LogP contribution is 2.28. The van der Waals surface area contributed by atoms with Crippen LogP contribution in [0.15, 0.2) is 54.9 Å². The average molecular weight is 476 g/mol. The van der Waals surface area contributed by atoms with Crippen molar-refractivity contribution in [3.63, 3.8) is 0 Å². The van der Waals surface area contributed by atoms with Crippen LogP contribution in [0.3, 0.4) is 0 Å². The molecule has 2 aromatic carbocycles. The number of aromatic nitrogens is 1. The van der Waals surface area contributed by atoms with Crippen molar-refractivity contribution in [3.8, 4) is 11.1 Å². The summed E-state index contributed by atoms with van der Waals surface area (Å²) in [5, 5.41) is 3.44. The minimum absolute atomic E-state index is 0. The van der Waals surface area contributed by atoms with Gasteiger partial charge in [-0.25, -0.2) is 4.39 Å². The molecule has 1 fully saturated rings. The van der Waals surface area contributed by atoms with Crippen molar-refractivity contribution in [2.45, 2.75) is 46.2 Å². The second kappa shape index (κ2) is 11.6. The highest BCUT2D eigenvalue weighted by Gasteiger charge is 2.22. The van der Waals surface area contributed by atoms with Crippen LogP contribution in [0.1, 0.15) is 35.1 Å². The molecule has 0 amide bonds. The lowest BCUT2D eigenvalue weighted by molar-refractivity contribution is 0.428. The number of nitrogens with one attached hydrogen (secondary N) is 1. The summed E-state index contributed by atoms with van der Waals surface area (Å²) in [5.41, 5.74) is 8.54. The van der Waals surface area contributed by atoms with Crippen molar-refractivity contribution >= 4 is 30.5 Å². The number of rotatable bonds is 5. The van der Waals surface area contributed by atoms with Crippen LogP contribution in [0.4, 0.5) is 10.1 Å². The van der Waals surface area contributed by atoms with Gasteiger partial charge in [0, 0.05) is 36.2 Å². The van der Waals surface area contributed by atoms with Gasteiger partial charge < -0.3 is 10.2 Å². The van der Waals surface area contributed by atoms with E-state index in [-0.39, 0.29) is 30.6 Å². The maximum atomic E-state index is 13.5. The minimum atomic E-state index is -0.196. The molecule has 6 heteroatoms. The van der Waals surface area contributed by atoms with Crippen molar-refractivity contribution in [1.82, 2.24) is 10.3 Å². The first-order chi connectivity index (χ1) is 14.5. The Hall–Kier alpha value is -2.14. The van der Waals surface area contributed by atoms with Crippen LogP contribution in [-0.4, -0.2) is 24.1 Å². The third-order valence-corrected chi connectivity index (χ3v) is 6.32. The lowest BCUT2D eigenvalue weighted by Gasteiger charge is -2.36. The third-order valence-electron chi connectivity index (χ3n) is 6.32. The highest BCUT2D eigenvalue weighted by molar-refractivity contribution is 5.85. The van der Waals surface area contributed by atoms with Gasteiger partial charge in [0.2, 0.25) is 0 Å². The van der Waals surface area contributed by atoms with Crippen LogP contribution < -0.4 is 10.2 Å². The monoisotopic (exact) mass is 475 g/mol. The summed E-state index contributed by atoms with van der Waals surface area (Å²) in [7, 11) is 0. The van der Waals surface area contributed by atoms with Crippen LogP contribution in [-0.2, 0) is 6.54 Å². The molecule has 0 radical (unpaired) electrons. The Morgan fingerprint density at radius 2 is 1.53 bits per heavy atom. The minimum Gasteiger partial charge on any atom is -0.364 e. The molecule has 1 aromatic heterocycles. The zero-order valence-electron chi connectivity index (χ0n) is 18.9. The Morgan fingerprint density at radius 1 is 0.906 bits per heavy atom. The van der Waals surface area contributed by atoms with Gasteiger partial charge in [0.05, 0.1) is 0 Å². The van der Waals surface area contributed by atoms with Gasteiger partial charge in [-0.3, -0.25) is 4.98 Å². The van der Waals surface area contributed by atoms with Crippen LogP contribution in [0.25, 0.3) is 11.1 Å². The van der Waals surface area contributed by atoms with E-state index in [1.165, 1.54) is 27.8 Å². The molecule has 0 bridgehead atoms. The van der Waals surface area contributed by atoms with Gasteiger partial charge in [-0.1, -0.05) is 12.1 Å². The second-order valence-electron chi connectivity index (χ2n) is 8.40. The number of pyridine rings is 1. The molecule has 3 nitrogen and oxygen atoms in total. The van der Waals surface area contributed by atoms with E-state index in [1.807, 2.05) is 24.5 Å². The maximum Gasteiger partial charge on any atom is 0.123 e. The van der Waals surface area contributed by atoms with Crippen LogP contribution in [0.2, 0.25) is 0 Å². The van der Waals surface area contributed by atoms with E-state index in [1.54, 1.807) is 12.1 Å². The van der Waals surface area contributed by atoms with Crippen molar-refractivity contribution in [3.05, 3.63) is 82.9 Å². The van der Waals surface area contributed by atoms with Crippen LogP contribution in [0, 0.1) is 26.6 Å². The Kier molecular flexibility index (Phi) is 9.50. The first-order valence-electron chi connectivity index (χ1n) is 10.8. The van der Waals surface area contributed by atoms with Crippen molar-refractivity contribution in [2.24, 2.45) is 0 Å². The molecule has 1 aliphatic rings.